The summed E-state index contributed by atoms with van der Waals surface area (Å²) in [5.41, 5.74) is 1.10. The molecule has 2 aromatic rings. The molecule has 0 atom stereocenters. The van der Waals surface area contributed by atoms with Crippen molar-refractivity contribution in [2.45, 2.75) is 6.92 Å². The van der Waals surface area contributed by atoms with Crippen LogP contribution in [0.5, 0.6) is 5.75 Å². The summed E-state index contributed by atoms with van der Waals surface area (Å²) >= 11 is 0. The van der Waals surface area contributed by atoms with Gasteiger partial charge in [0.15, 0.2) is 5.69 Å². The molecule has 1 aromatic heterocycles. The van der Waals surface area contributed by atoms with E-state index in [1.807, 2.05) is 6.07 Å². The Bertz CT molecular complexity index is 655. The Kier molecular flexibility index (Phi) is 3.48. The van der Waals surface area contributed by atoms with Crippen molar-refractivity contribution in [1.82, 2.24) is 5.16 Å². The van der Waals surface area contributed by atoms with Gasteiger partial charge in [0.2, 0.25) is 0 Å². The highest BCUT2D eigenvalue weighted by Crippen LogP contribution is 2.25. The highest BCUT2D eigenvalue weighted by molar-refractivity contribution is 6.03. The van der Waals surface area contributed by atoms with Gasteiger partial charge in [0.25, 0.3) is 5.91 Å². The minimum absolute atomic E-state index is 0.184. The van der Waals surface area contributed by atoms with Crippen LogP contribution in [0.15, 0.2) is 28.8 Å². The largest absolute Gasteiger partial charge is 0.495 e. The number of methoxy groups -OCH3 is 1. The maximum absolute atomic E-state index is 11.9. The normalized spacial score (nSPS) is 9.74. The predicted octanol–water partition coefficient (Wildman–Crippen LogP) is 2.12. The smallest absolute Gasteiger partial charge is 0.277 e. The highest BCUT2D eigenvalue weighted by atomic mass is 16.5. The molecule has 0 saturated heterocycles. The predicted molar refractivity (Wildman–Crippen MR) is 66.9 cm³/mol. The number of aryl methyl sites for hydroxylation is 1. The van der Waals surface area contributed by atoms with Gasteiger partial charge in [-0.15, -0.1) is 0 Å². The number of hydrogen-bond donors (Lipinski definition) is 1. The second-order valence-electron chi connectivity index (χ2n) is 3.80. The van der Waals surface area contributed by atoms with Crippen molar-refractivity contribution in [3.63, 3.8) is 0 Å². The summed E-state index contributed by atoms with van der Waals surface area (Å²) in [5, 5.41) is 15.1. The zero-order chi connectivity index (χ0) is 13.8. The van der Waals surface area contributed by atoms with Crippen LogP contribution in [0.25, 0.3) is 0 Å². The molecule has 0 radical (unpaired) electrons. The molecule has 6 nitrogen and oxygen atoms in total. The number of aromatic nitrogens is 1. The molecule has 1 amide bonds. The molecule has 2 rings (SSSR count). The van der Waals surface area contributed by atoms with Crippen LogP contribution in [0, 0.1) is 18.3 Å². The number of carbonyl (C=O) groups is 1. The van der Waals surface area contributed by atoms with Gasteiger partial charge in [-0.05, 0) is 19.1 Å². The van der Waals surface area contributed by atoms with Gasteiger partial charge in [0.1, 0.15) is 11.5 Å². The van der Waals surface area contributed by atoms with Crippen LogP contribution in [-0.2, 0) is 0 Å². The van der Waals surface area contributed by atoms with Crippen molar-refractivity contribution in [1.29, 1.82) is 5.26 Å². The molecule has 1 heterocycles. The summed E-state index contributed by atoms with van der Waals surface area (Å²) < 4.78 is 9.95. The summed E-state index contributed by atoms with van der Waals surface area (Å²) in [6.07, 6.45) is 0. The van der Waals surface area contributed by atoms with Crippen molar-refractivity contribution < 1.29 is 14.1 Å². The molecule has 0 fully saturated rings. The monoisotopic (exact) mass is 257 g/mol. The van der Waals surface area contributed by atoms with Gasteiger partial charge in [-0.1, -0.05) is 5.16 Å². The number of ether oxygens (including phenoxy) is 1. The number of rotatable bonds is 3. The van der Waals surface area contributed by atoms with Crippen LogP contribution in [0.2, 0.25) is 0 Å². The first-order chi connectivity index (χ1) is 9.13. The van der Waals surface area contributed by atoms with E-state index in [9.17, 15) is 4.79 Å². The van der Waals surface area contributed by atoms with E-state index in [1.54, 1.807) is 25.1 Å². The SMILES string of the molecule is COc1cc(C#N)ccc1NC(=O)c1cc(C)on1. The Morgan fingerprint density at radius 1 is 1.47 bits per heavy atom. The molecule has 0 bridgehead atoms. The van der Waals surface area contributed by atoms with Crippen LogP contribution in [0.1, 0.15) is 21.8 Å². The number of benzene rings is 1. The third-order valence-corrected chi connectivity index (χ3v) is 2.44. The second kappa shape index (κ2) is 5.23. The van der Waals surface area contributed by atoms with Crippen molar-refractivity contribution in [3.8, 4) is 11.8 Å². The fourth-order valence-electron chi connectivity index (χ4n) is 1.52. The van der Waals surface area contributed by atoms with Crippen molar-refractivity contribution >= 4 is 11.6 Å². The Balaban J connectivity index is 2.24. The van der Waals surface area contributed by atoms with Gasteiger partial charge in [0.05, 0.1) is 24.4 Å². The number of hydrogen-bond acceptors (Lipinski definition) is 5. The molecule has 6 heteroatoms. The maximum atomic E-state index is 11.9. The van der Waals surface area contributed by atoms with Crippen LogP contribution in [0.3, 0.4) is 0 Å². The van der Waals surface area contributed by atoms with E-state index in [0.29, 0.717) is 22.8 Å². The maximum Gasteiger partial charge on any atom is 0.277 e. The number of carbonyl (C=O) groups excluding carboxylic acids is 1. The van der Waals surface area contributed by atoms with Crippen LogP contribution in [-0.4, -0.2) is 18.2 Å². The first-order valence-corrected chi connectivity index (χ1v) is 5.47. The standard InChI is InChI=1S/C13H11N3O3/c1-8-5-11(16-19-8)13(17)15-10-4-3-9(7-14)6-12(10)18-2/h3-6H,1-2H3,(H,15,17). The first-order valence-electron chi connectivity index (χ1n) is 5.47. The summed E-state index contributed by atoms with van der Waals surface area (Å²) in [6.45, 7) is 1.70. The summed E-state index contributed by atoms with van der Waals surface area (Å²) in [7, 11) is 1.46. The number of nitrogens with zero attached hydrogens (tertiary/aromatic N) is 2. The first kappa shape index (κ1) is 12.6. The zero-order valence-corrected chi connectivity index (χ0v) is 10.4. The minimum Gasteiger partial charge on any atom is -0.495 e. The van der Waals surface area contributed by atoms with Gasteiger partial charge in [-0.3, -0.25) is 4.79 Å². The Hall–Kier alpha value is -2.81. The lowest BCUT2D eigenvalue weighted by Crippen LogP contribution is -2.13. The van der Waals surface area contributed by atoms with Gasteiger partial charge in [-0.2, -0.15) is 5.26 Å². The lowest BCUT2D eigenvalue weighted by Gasteiger charge is -2.09. The highest BCUT2D eigenvalue weighted by Gasteiger charge is 2.13. The molecule has 0 unspecified atom stereocenters. The molecular formula is C13H11N3O3. The van der Waals surface area contributed by atoms with E-state index in [2.05, 4.69) is 10.5 Å². The van der Waals surface area contributed by atoms with Gasteiger partial charge in [0, 0.05) is 12.1 Å². The topological polar surface area (TPSA) is 88.1 Å². The zero-order valence-electron chi connectivity index (χ0n) is 10.4. The van der Waals surface area contributed by atoms with Gasteiger partial charge in [-0.25, -0.2) is 0 Å². The summed E-state index contributed by atoms with van der Waals surface area (Å²) in [4.78, 5) is 11.9. The van der Waals surface area contributed by atoms with Crippen LogP contribution in [0.4, 0.5) is 5.69 Å². The van der Waals surface area contributed by atoms with Crippen molar-refractivity contribution in [2.75, 3.05) is 12.4 Å². The number of nitriles is 1. The fraction of sp³-hybridized carbons (Fsp3) is 0.154. The van der Waals surface area contributed by atoms with Crippen molar-refractivity contribution in [2.24, 2.45) is 0 Å². The molecule has 19 heavy (non-hydrogen) atoms. The molecule has 1 aromatic carbocycles. The molecule has 0 spiro atoms. The lowest BCUT2D eigenvalue weighted by molar-refractivity contribution is 0.101. The molecule has 1 N–H and O–H groups in total. The van der Waals surface area contributed by atoms with Gasteiger partial charge >= 0.3 is 0 Å². The average Bonchev–Trinajstić information content (AvgIpc) is 2.86. The average molecular weight is 257 g/mol. The minimum atomic E-state index is -0.403. The van der Waals surface area contributed by atoms with E-state index in [4.69, 9.17) is 14.5 Å². The van der Waals surface area contributed by atoms with E-state index in [1.165, 1.54) is 13.2 Å². The van der Waals surface area contributed by atoms with Crippen LogP contribution < -0.4 is 10.1 Å². The number of amides is 1. The number of anilines is 1. The fourth-order valence-corrected chi connectivity index (χ4v) is 1.52. The summed E-state index contributed by atoms with van der Waals surface area (Å²) in [5.74, 6) is 0.560. The van der Waals surface area contributed by atoms with Crippen LogP contribution >= 0.6 is 0 Å². The summed E-state index contributed by atoms with van der Waals surface area (Å²) in [6, 6.07) is 8.26. The molecule has 0 saturated carbocycles. The Labute approximate surface area is 109 Å². The molecule has 0 aliphatic carbocycles. The van der Waals surface area contributed by atoms with Gasteiger partial charge < -0.3 is 14.6 Å². The molecule has 0 aliphatic heterocycles. The number of nitrogens with one attached hydrogen (secondary N) is 1. The Morgan fingerprint density at radius 3 is 2.84 bits per heavy atom. The molecular weight excluding hydrogens is 246 g/mol. The quantitative estimate of drug-likeness (QED) is 0.909. The molecule has 96 valence electrons. The van der Waals surface area contributed by atoms with E-state index >= 15 is 0 Å². The Morgan fingerprint density at radius 2 is 2.26 bits per heavy atom. The molecule has 0 aliphatic rings. The van der Waals surface area contributed by atoms with Crippen molar-refractivity contribution in [3.05, 3.63) is 41.3 Å². The third kappa shape index (κ3) is 2.72. The third-order valence-electron chi connectivity index (χ3n) is 2.44. The van der Waals surface area contributed by atoms with E-state index in [0.717, 1.165) is 0 Å². The second-order valence-corrected chi connectivity index (χ2v) is 3.80. The van der Waals surface area contributed by atoms with E-state index in [-0.39, 0.29) is 5.69 Å². The van der Waals surface area contributed by atoms with E-state index < -0.39 is 5.91 Å². The lowest BCUT2D eigenvalue weighted by atomic mass is 10.2.